The van der Waals surface area contributed by atoms with Crippen molar-refractivity contribution in [2.24, 2.45) is 5.92 Å². The summed E-state index contributed by atoms with van der Waals surface area (Å²) in [5.74, 6) is 1.79. The molecule has 2 aromatic carbocycles. The molecule has 1 N–H and O–H groups in total. The SMILES string of the molecule is COc1ccc(CCNC(=O)[C@H]2CCCN(c3ccc(-c4ccc(F)cc4)nn3)C2)cc1OC. The molecule has 1 aliphatic heterocycles. The molecule has 4 rings (SSSR count). The molecule has 8 heteroatoms. The summed E-state index contributed by atoms with van der Waals surface area (Å²) in [6.45, 7) is 1.99. The molecule has 0 unspecified atom stereocenters. The summed E-state index contributed by atoms with van der Waals surface area (Å²) in [7, 11) is 3.22. The molecule has 0 radical (unpaired) electrons. The Hall–Kier alpha value is -3.68. The van der Waals surface area contributed by atoms with Crippen LogP contribution in [0.5, 0.6) is 11.5 Å². The van der Waals surface area contributed by atoms with Crippen molar-refractivity contribution in [1.29, 1.82) is 0 Å². The number of carbonyl (C=O) groups excluding carboxylic acids is 1. The van der Waals surface area contributed by atoms with Crippen LogP contribution in [0.1, 0.15) is 18.4 Å². The van der Waals surface area contributed by atoms with Gasteiger partial charge in [0, 0.05) is 25.2 Å². The first-order valence-electron chi connectivity index (χ1n) is 11.4. The largest absolute Gasteiger partial charge is 0.493 e. The number of rotatable bonds is 8. The van der Waals surface area contributed by atoms with Gasteiger partial charge in [0.25, 0.3) is 0 Å². The lowest BCUT2D eigenvalue weighted by molar-refractivity contribution is -0.125. The number of aromatic nitrogens is 2. The molecule has 1 saturated heterocycles. The zero-order valence-electron chi connectivity index (χ0n) is 19.5. The Morgan fingerprint density at radius 3 is 2.56 bits per heavy atom. The molecule has 0 aliphatic carbocycles. The second-order valence-corrected chi connectivity index (χ2v) is 8.30. The van der Waals surface area contributed by atoms with Crippen molar-refractivity contribution in [3.63, 3.8) is 0 Å². The van der Waals surface area contributed by atoms with E-state index in [0.717, 1.165) is 36.3 Å². The Labute approximate surface area is 198 Å². The van der Waals surface area contributed by atoms with Crippen LogP contribution in [-0.4, -0.2) is 50.0 Å². The van der Waals surface area contributed by atoms with Crippen molar-refractivity contribution < 1.29 is 18.7 Å². The second kappa shape index (κ2) is 11.0. The van der Waals surface area contributed by atoms with E-state index in [-0.39, 0.29) is 17.6 Å². The maximum absolute atomic E-state index is 13.1. The second-order valence-electron chi connectivity index (χ2n) is 8.30. The molecule has 0 bridgehead atoms. The van der Waals surface area contributed by atoms with Crippen molar-refractivity contribution in [2.45, 2.75) is 19.3 Å². The summed E-state index contributed by atoms with van der Waals surface area (Å²) in [5.41, 5.74) is 2.57. The number of ether oxygens (including phenoxy) is 2. The molecule has 0 saturated carbocycles. The van der Waals surface area contributed by atoms with Crippen LogP contribution in [-0.2, 0) is 11.2 Å². The minimum Gasteiger partial charge on any atom is -0.493 e. The van der Waals surface area contributed by atoms with Gasteiger partial charge in [0.15, 0.2) is 17.3 Å². The molecule has 1 atom stereocenters. The first-order chi connectivity index (χ1) is 16.6. The van der Waals surface area contributed by atoms with E-state index in [4.69, 9.17) is 9.47 Å². The molecule has 1 aliphatic rings. The van der Waals surface area contributed by atoms with Crippen LogP contribution in [0.3, 0.4) is 0 Å². The Kier molecular flexibility index (Phi) is 7.57. The highest BCUT2D eigenvalue weighted by molar-refractivity contribution is 5.79. The number of benzene rings is 2. The predicted molar refractivity (Wildman–Crippen MR) is 129 cm³/mol. The van der Waals surface area contributed by atoms with E-state index in [2.05, 4.69) is 20.4 Å². The smallest absolute Gasteiger partial charge is 0.224 e. The van der Waals surface area contributed by atoms with Crippen molar-refractivity contribution in [3.05, 3.63) is 66.0 Å². The van der Waals surface area contributed by atoms with Gasteiger partial charge in [-0.2, -0.15) is 0 Å². The fourth-order valence-electron chi connectivity index (χ4n) is 4.18. The van der Waals surface area contributed by atoms with Crippen LogP contribution in [0.4, 0.5) is 10.2 Å². The summed E-state index contributed by atoms with van der Waals surface area (Å²) in [4.78, 5) is 14.9. The maximum Gasteiger partial charge on any atom is 0.224 e. The number of hydrogen-bond acceptors (Lipinski definition) is 6. The summed E-state index contributed by atoms with van der Waals surface area (Å²) in [6.07, 6.45) is 2.47. The molecule has 34 heavy (non-hydrogen) atoms. The van der Waals surface area contributed by atoms with E-state index in [0.29, 0.717) is 36.7 Å². The molecule has 1 amide bonds. The number of anilines is 1. The van der Waals surface area contributed by atoms with Crippen LogP contribution >= 0.6 is 0 Å². The van der Waals surface area contributed by atoms with Gasteiger partial charge in [0.1, 0.15) is 5.82 Å². The van der Waals surface area contributed by atoms with E-state index < -0.39 is 0 Å². The van der Waals surface area contributed by atoms with Gasteiger partial charge >= 0.3 is 0 Å². The predicted octanol–water partition coefficient (Wildman–Crippen LogP) is 3.88. The van der Waals surface area contributed by atoms with E-state index >= 15 is 0 Å². The van der Waals surface area contributed by atoms with E-state index in [9.17, 15) is 9.18 Å². The van der Waals surface area contributed by atoms with Crippen molar-refractivity contribution in [1.82, 2.24) is 15.5 Å². The minimum atomic E-state index is -0.283. The van der Waals surface area contributed by atoms with Crippen LogP contribution < -0.4 is 19.7 Å². The normalized spacial score (nSPS) is 15.6. The zero-order valence-corrected chi connectivity index (χ0v) is 19.5. The molecule has 178 valence electrons. The van der Waals surface area contributed by atoms with Gasteiger partial charge in [0.05, 0.1) is 25.8 Å². The summed E-state index contributed by atoms with van der Waals surface area (Å²) >= 11 is 0. The van der Waals surface area contributed by atoms with Gasteiger partial charge in [-0.25, -0.2) is 4.39 Å². The summed E-state index contributed by atoms with van der Waals surface area (Å²) in [5, 5.41) is 11.7. The lowest BCUT2D eigenvalue weighted by Crippen LogP contribution is -2.43. The zero-order chi connectivity index (χ0) is 23.9. The number of halogens is 1. The molecule has 0 spiro atoms. The highest BCUT2D eigenvalue weighted by Crippen LogP contribution is 2.28. The van der Waals surface area contributed by atoms with Crippen LogP contribution in [0.15, 0.2) is 54.6 Å². The number of nitrogens with zero attached hydrogens (tertiary/aromatic N) is 3. The number of piperidine rings is 1. The minimum absolute atomic E-state index is 0.0565. The van der Waals surface area contributed by atoms with Crippen LogP contribution in [0.25, 0.3) is 11.3 Å². The lowest BCUT2D eigenvalue weighted by atomic mass is 9.97. The topological polar surface area (TPSA) is 76.6 Å². The van der Waals surface area contributed by atoms with Gasteiger partial charge < -0.3 is 19.7 Å². The molecule has 7 nitrogen and oxygen atoms in total. The highest BCUT2D eigenvalue weighted by atomic mass is 19.1. The maximum atomic E-state index is 13.1. The molecule has 1 fully saturated rings. The fourth-order valence-corrected chi connectivity index (χ4v) is 4.18. The first kappa shape index (κ1) is 23.5. The highest BCUT2D eigenvalue weighted by Gasteiger charge is 2.26. The van der Waals surface area contributed by atoms with Crippen molar-refractivity contribution in [2.75, 3.05) is 38.8 Å². The average molecular weight is 465 g/mol. The van der Waals surface area contributed by atoms with Crippen LogP contribution in [0, 0.1) is 11.7 Å². The third-order valence-corrected chi connectivity index (χ3v) is 6.07. The fraction of sp³-hybridized carbons (Fsp3) is 0.346. The number of carbonyl (C=O) groups is 1. The molecule has 1 aromatic heterocycles. The number of nitrogens with one attached hydrogen (secondary N) is 1. The number of hydrogen-bond donors (Lipinski definition) is 1. The molecule has 2 heterocycles. The van der Waals surface area contributed by atoms with E-state index in [1.165, 1.54) is 12.1 Å². The van der Waals surface area contributed by atoms with Gasteiger partial charge in [-0.05, 0) is 73.4 Å². The Bertz CT molecular complexity index is 1110. The number of methoxy groups -OCH3 is 2. The third-order valence-electron chi connectivity index (χ3n) is 6.07. The summed E-state index contributed by atoms with van der Waals surface area (Å²) < 4.78 is 23.8. The summed E-state index contributed by atoms with van der Waals surface area (Å²) in [6, 6.07) is 15.7. The van der Waals surface area contributed by atoms with Crippen molar-refractivity contribution in [3.8, 4) is 22.8 Å². The van der Waals surface area contributed by atoms with Gasteiger partial charge in [-0.15, -0.1) is 10.2 Å². The average Bonchev–Trinajstić information content (AvgIpc) is 2.89. The van der Waals surface area contributed by atoms with E-state index in [1.807, 2.05) is 30.3 Å². The molecular weight excluding hydrogens is 435 g/mol. The number of amides is 1. The standard InChI is InChI=1S/C26H29FN4O3/c1-33-23-11-5-18(16-24(23)34-2)13-14-28-26(32)20-4-3-15-31(17-20)25-12-10-22(29-30-25)19-6-8-21(27)9-7-19/h5-12,16,20H,3-4,13-15,17H2,1-2H3,(H,28,32)/t20-/m0/s1. The van der Waals surface area contributed by atoms with Gasteiger partial charge in [-0.1, -0.05) is 6.07 Å². The van der Waals surface area contributed by atoms with E-state index in [1.54, 1.807) is 26.4 Å². The first-order valence-corrected chi connectivity index (χ1v) is 11.4. The van der Waals surface area contributed by atoms with Gasteiger partial charge in [-0.3, -0.25) is 4.79 Å². The molecular formula is C26H29FN4O3. The monoisotopic (exact) mass is 464 g/mol. The molecule has 3 aromatic rings. The lowest BCUT2D eigenvalue weighted by Gasteiger charge is -2.32. The van der Waals surface area contributed by atoms with Crippen LogP contribution in [0.2, 0.25) is 0 Å². The van der Waals surface area contributed by atoms with Crippen molar-refractivity contribution >= 4 is 11.7 Å². The Morgan fingerprint density at radius 1 is 1.06 bits per heavy atom. The Balaban J connectivity index is 1.31. The third kappa shape index (κ3) is 5.62. The quantitative estimate of drug-likeness (QED) is 0.545. The van der Waals surface area contributed by atoms with Gasteiger partial charge in [0.2, 0.25) is 5.91 Å². The Morgan fingerprint density at radius 2 is 1.85 bits per heavy atom.